The summed E-state index contributed by atoms with van der Waals surface area (Å²) in [6, 6.07) is 0. The third kappa shape index (κ3) is 10.8. The summed E-state index contributed by atoms with van der Waals surface area (Å²) >= 11 is 0. The van der Waals surface area contributed by atoms with Gasteiger partial charge in [-0.1, -0.05) is 45.6 Å². The summed E-state index contributed by atoms with van der Waals surface area (Å²) in [7, 11) is 3.11. The van der Waals surface area contributed by atoms with Gasteiger partial charge in [0.1, 0.15) is 0 Å². The van der Waals surface area contributed by atoms with Gasteiger partial charge in [-0.15, -0.1) is 0 Å². The van der Waals surface area contributed by atoms with Crippen LogP contribution in [-0.4, -0.2) is 6.61 Å². The maximum Gasteiger partial charge on any atom is 0.0693 e. The van der Waals surface area contributed by atoms with Gasteiger partial charge in [0, 0.05) is 8.50 Å². The standard InChI is InChI=1S/C13H26OP2/c1-4-5-7-12(2)8-6-9-13(3)10-11-14-16-15/h8,10,16H,4-7,9,11,15H2,1-3H3/b12-8+,13-10+. The molecule has 0 saturated heterocycles. The fourth-order valence-electron chi connectivity index (χ4n) is 1.44. The summed E-state index contributed by atoms with van der Waals surface area (Å²) in [6.07, 6.45) is 10.8. The Kier molecular flexibility index (Phi) is 12.0. The average Bonchev–Trinajstić information content (AvgIpc) is 2.26. The van der Waals surface area contributed by atoms with Gasteiger partial charge < -0.3 is 4.52 Å². The molecule has 0 aliphatic rings. The quantitative estimate of drug-likeness (QED) is 0.312. The summed E-state index contributed by atoms with van der Waals surface area (Å²) in [4.78, 5) is 0. The van der Waals surface area contributed by atoms with Crippen molar-refractivity contribution in [3.63, 3.8) is 0 Å². The molecule has 16 heavy (non-hydrogen) atoms. The lowest BCUT2D eigenvalue weighted by molar-refractivity contribution is 0.422. The van der Waals surface area contributed by atoms with Gasteiger partial charge in [0.05, 0.1) is 6.61 Å². The van der Waals surface area contributed by atoms with E-state index >= 15 is 0 Å². The van der Waals surface area contributed by atoms with Gasteiger partial charge in [-0.05, 0) is 39.5 Å². The van der Waals surface area contributed by atoms with E-state index in [1.165, 1.54) is 36.8 Å². The van der Waals surface area contributed by atoms with Crippen molar-refractivity contribution >= 4 is 17.4 Å². The maximum atomic E-state index is 5.28. The van der Waals surface area contributed by atoms with Crippen molar-refractivity contribution in [2.75, 3.05) is 6.61 Å². The van der Waals surface area contributed by atoms with Crippen molar-refractivity contribution in [2.24, 2.45) is 0 Å². The first kappa shape index (κ1) is 16.3. The lowest BCUT2D eigenvalue weighted by atomic mass is 10.1. The fraction of sp³-hybridized carbons (Fsp3) is 0.692. The molecule has 0 rings (SSSR count). The van der Waals surface area contributed by atoms with Gasteiger partial charge in [0.25, 0.3) is 0 Å². The Morgan fingerprint density at radius 3 is 2.50 bits per heavy atom. The molecule has 0 aliphatic carbocycles. The molecule has 3 heteroatoms. The van der Waals surface area contributed by atoms with Crippen LogP contribution >= 0.6 is 17.4 Å². The number of allylic oxidation sites excluding steroid dienone is 3. The zero-order valence-corrected chi connectivity index (χ0v) is 13.0. The van der Waals surface area contributed by atoms with Gasteiger partial charge in [-0.25, -0.2) is 0 Å². The van der Waals surface area contributed by atoms with E-state index in [1.54, 1.807) is 0 Å². The first-order valence-corrected chi connectivity index (χ1v) is 8.81. The molecule has 94 valence electrons. The van der Waals surface area contributed by atoms with Crippen LogP contribution < -0.4 is 0 Å². The van der Waals surface area contributed by atoms with Crippen LogP contribution in [0.2, 0.25) is 0 Å². The van der Waals surface area contributed by atoms with Crippen molar-refractivity contribution in [3.8, 4) is 0 Å². The molecule has 0 amide bonds. The molecular weight excluding hydrogens is 234 g/mol. The van der Waals surface area contributed by atoms with Crippen LogP contribution in [-0.2, 0) is 4.52 Å². The third-order valence-corrected chi connectivity index (χ3v) is 3.39. The summed E-state index contributed by atoms with van der Waals surface area (Å²) < 4.78 is 5.28. The molecule has 0 aliphatic heterocycles. The van der Waals surface area contributed by atoms with Crippen LogP contribution in [0.15, 0.2) is 23.3 Å². The van der Waals surface area contributed by atoms with Gasteiger partial charge >= 0.3 is 0 Å². The fourth-order valence-corrected chi connectivity index (χ4v) is 1.91. The largest absolute Gasteiger partial charge is 0.354 e. The van der Waals surface area contributed by atoms with Crippen LogP contribution in [0, 0.1) is 0 Å². The molecular formula is C13H26OP2. The molecule has 0 aromatic carbocycles. The molecule has 0 bridgehead atoms. The number of hydrogen-bond acceptors (Lipinski definition) is 1. The van der Waals surface area contributed by atoms with E-state index < -0.39 is 0 Å². The highest BCUT2D eigenvalue weighted by molar-refractivity contribution is 8.00. The van der Waals surface area contributed by atoms with E-state index in [1.807, 2.05) is 0 Å². The van der Waals surface area contributed by atoms with Crippen molar-refractivity contribution in [1.82, 2.24) is 0 Å². The highest BCUT2D eigenvalue weighted by Crippen LogP contribution is 2.21. The number of unbranched alkanes of at least 4 members (excludes halogenated alkanes) is 1. The molecule has 2 unspecified atom stereocenters. The van der Waals surface area contributed by atoms with Crippen molar-refractivity contribution in [1.29, 1.82) is 0 Å². The minimum absolute atomic E-state index is 0.516. The van der Waals surface area contributed by atoms with E-state index in [0.717, 1.165) is 13.0 Å². The zero-order chi connectivity index (χ0) is 12.2. The Morgan fingerprint density at radius 1 is 1.19 bits per heavy atom. The van der Waals surface area contributed by atoms with E-state index in [9.17, 15) is 0 Å². The van der Waals surface area contributed by atoms with Crippen LogP contribution in [0.1, 0.15) is 52.9 Å². The van der Waals surface area contributed by atoms with Gasteiger partial charge in [-0.2, -0.15) is 0 Å². The van der Waals surface area contributed by atoms with Crippen molar-refractivity contribution < 1.29 is 4.52 Å². The number of rotatable bonds is 9. The minimum Gasteiger partial charge on any atom is -0.354 e. The Morgan fingerprint density at radius 2 is 1.88 bits per heavy atom. The maximum absolute atomic E-state index is 5.28. The lowest BCUT2D eigenvalue weighted by Gasteiger charge is -2.01. The van der Waals surface area contributed by atoms with Crippen LogP contribution in [0.5, 0.6) is 0 Å². The summed E-state index contributed by atoms with van der Waals surface area (Å²) in [5, 5.41) is 0. The molecule has 0 aromatic heterocycles. The summed E-state index contributed by atoms with van der Waals surface area (Å²) in [5.41, 5.74) is 2.97. The SMILES string of the molecule is CCCC/C(C)=C/CC/C(C)=C/COPP. The predicted molar refractivity (Wildman–Crippen MR) is 80.3 cm³/mol. The van der Waals surface area contributed by atoms with Crippen molar-refractivity contribution in [2.45, 2.75) is 52.9 Å². The van der Waals surface area contributed by atoms with Crippen molar-refractivity contribution in [3.05, 3.63) is 23.3 Å². The third-order valence-electron chi connectivity index (χ3n) is 2.55. The Balaban J connectivity index is 3.66. The second-order valence-electron chi connectivity index (χ2n) is 4.17. The average molecular weight is 260 g/mol. The minimum atomic E-state index is 0.516. The topological polar surface area (TPSA) is 9.23 Å². The zero-order valence-electron chi connectivity index (χ0n) is 10.9. The van der Waals surface area contributed by atoms with E-state index in [-0.39, 0.29) is 0 Å². The van der Waals surface area contributed by atoms with Crippen LogP contribution in [0.4, 0.5) is 0 Å². The molecule has 1 nitrogen and oxygen atoms in total. The second-order valence-corrected chi connectivity index (χ2v) is 5.40. The Labute approximate surface area is 105 Å². The van der Waals surface area contributed by atoms with E-state index in [4.69, 9.17) is 4.52 Å². The summed E-state index contributed by atoms with van der Waals surface area (Å²) in [6.45, 7) is 7.43. The first-order valence-electron chi connectivity index (χ1n) is 6.09. The summed E-state index contributed by atoms with van der Waals surface area (Å²) in [5.74, 6) is 0. The molecule has 0 spiro atoms. The van der Waals surface area contributed by atoms with E-state index in [0.29, 0.717) is 8.50 Å². The number of hydrogen-bond donors (Lipinski definition) is 0. The highest BCUT2D eigenvalue weighted by Gasteiger charge is 1.91. The Hall–Kier alpha value is 0.300. The molecule has 0 fully saturated rings. The molecule has 0 heterocycles. The monoisotopic (exact) mass is 260 g/mol. The smallest absolute Gasteiger partial charge is 0.0693 e. The van der Waals surface area contributed by atoms with Gasteiger partial charge in [0.2, 0.25) is 0 Å². The molecule has 0 N–H and O–H groups in total. The van der Waals surface area contributed by atoms with Crippen LogP contribution in [0.25, 0.3) is 0 Å². The molecule has 0 aromatic rings. The van der Waals surface area contributed by atoms with Gasteiger partial charge in [-0.3, -0.25) is 0 Å². The highest BCUT2D eigenvalue weighted by atomic mass is 32.0. The van der Waals surface area contributed by atoms with Crippen LogP contribution in [0.3, 0.4) is 0 Å². The normalized spacial score (nSPS) is 14.0. The van der Waals surface area contributed by atoms with Gasteiger partial charge in [0.15, 0.2) is 0 Å². The molecule has 0 radical (unpaired) electrons. The Bertz CT molecular complexity index is 222. The predicted octanol–water partition coefficient (Wildman–Crippen LogP) is 5.25. The first-order chi connectivity index (χ1) is 7.70. The molecule has 2 atom stereocenters. The molecule has 0 saturated carbocycles. The lowest BCUT2D eigenvalue weighted by Crippen LogP contribution is -1.83. The van der Waals surface area contributed by atoms with E-state index in [2.05, 4.69) is 41.9 Å². The second kappa shape index (κ2) is 11.8.